The Kier molecular flexibility index (Phi) is 12.1. The molecular weight excluding hydrogens is 408 g/mol. The third kappa shape index (κ3) is 9.26. The van der Waals surface area contributed by atoms with E-state index in [0.29, 0.717) is 0 Å². The summed E-state index contributed by atoms with van der Waals surface area (Å²) in [5, 5.41) is 0. The largest absolute Gasteiger partial charge is 0.380 e. The maximum Gasteiger partial charge on any atom is 0.0422 e. The minimum atomic E-state index is 0.779. The van der Waals surface area contributed by atoms with Crippen LogP contribution >= 0.6 is 0 Å². The molecule has 3 aliphatic rings. The lowest BCUT2D eigenvalue weighted by Gasteiger charge is -2.22. The third-order valence-electron chi connectivity index (χ3n) is 6.34. The van der Waals surface area contributed by atoms with Crippen molar-refractivity contribution in [2.75, 3.05) is 54.4 Å². The van der Waals surface area contributed by atoms with E-state index in [0.717, 1.165) is 63.3 Å². The van der Waals surface area contributed by atoms with Gasteiger partial charge in [-0.3, -0.25) is 20.0 Å². The molecule has 3 heterocycles. The van der Waals surface area contributed by atoms with Crippen molar-refractivity contribution in [3.05, 3.63) is 22.5 Å². The van der Waals surface area contributed by atoms with Gasteiger partial charge < -0.3 is 9.80 Å². The number of nitrogens with zero attached hydrogens (tertiary/aromatic N) is 6. The van der Waals surface area contributed by atoms with Gasteiger partial charge in [0.05, 0.1) is 0 Å². The van der Waals surface area contributed by atoms with Gasteiger partial charge in [-0.1, -0.05) is 19.3 Å². The highest BCUT2D eigenvalue weighted by Gasteiger charge is 2.13. The number of aliphatic imine (C=N–C) groups is 4. The molecule has 0 saturated heterocycles. The standard InChI is InChI=1S/C27H46N6/c1-22-24-20-28-16-12-17-29-21-25(23(2)31-19-13-18-30-22)27(33(5)6)15-11-9-7-8-10-14-26(24)32(3)4/h20-21H,7-19H2,1-6H3. The van der Waals surface area contributed by atoms with Crippen LogP contribution in [0.1, 0.15) is 71.6 Å². The summed E-state index contributed by atoms with van der Waals surface area (Å²) in [6, 6.07) is 0. The molecule has 0 aliphatic carbocycles. The summed E-state index contributed by atoms with van der Waals surface area (Å²) in [6.07, 6.45) is 14.3. The van der Waals surface area contributed by atoms with Gasteiger partial charge in [0.2, 0.25) is 0 Å². The van der Waals surface area contributed by atoms with Crippen molar-refractivity contribution >= 4 is 23.9 Å². The first-order valence-electron chi connectivity index (χ1n) is 12.7. The second-order valence-corrected chi connectivity index (χ2v) is 9.49. The number of allylic oxidation sites excluding steroid dienone is 4. The number of hydrogen-bond donors (Lipinski definition) is 0. The van der Waals surface area contributed by atoms with Gasteiger partial charge in [0, 0.05) is 101 Å². The zero-order valence-corrected chi connectivity index (χ0v) is 22.0. The van der Waals surface area contributed by atoms with E-state index < -0.39 is 0 Å². The minimum absolute atomic E-state index is 0.779. The van der Waals surface area contributed by atoms with Crippen molar-refractivity contribution in [3.8, 4) is 0 Å². The Morgan fingerprint density at radius 1 is 0.545 bits per heavy atom. The Hall–Kier alpha value is -2.24. The molecule has 0 atom stereocenters. The van der Waals surface area contributed by atoms with Crippen LogP contribution in [0.25, 0.3) is 0 Å². The molecule has 6 nitrogen and oxygen atoms in total. The van der Waals surface area contributed by atoms with Crippen LogP contribution in [-0.4, -0.2) is 88.0 Å². The van der Waals surface area contributed by atoms with Gasteiger partial charge in [0.15, 0.2) is 0 Å². The highest BCUT2D eigenvalue weighted by atomic mass is 15.1. The summed E-state index contributed by atoms with van der Waals surface area (Å²) in [4.78, 5) is 23.9. The monoisotopic (exact) mass is 454 g/mol. The van der Waals surface area contributed by atoms with Gasteiger partial charge in [-0.2, -0.15) is 0 Å². The van der Waals surface area contributed by atoms with Crippen LogP contribution in [0.5, 0.6) is 0 Å². The van der Waals surface area contributed by atoms with Crippen LogP contribution in [0, 0.1) is 0 Å². The number of fused-ring (bicyclic) bond motifs is 16. The first kappa shape index (κ1) is 27.0. The molecule has 6 heteroatoms. The fourth-order valence-electron chi connectivity index (χ4n) is 4.37. The molecule has 0 aromatic rings. The summed E-state index contributed by atoms with van der Waals surface area (Å²) < 4.78 is 0. The molecule has 0 spiro atoms. The fourth-order valence-corrected chi connectivity index (χ4v) is 4.37. The lowest BCUT2D eigenvalue weighted by Crippen LogP contribution is -2.19. The third-order valence-corrected chi connectivity index (χ3v) is 6.34. The van der Waals surface area contributed by atoms with Crippen molar-refractivity contribution in [3.63, 3.8) is 0 Å². The summed E-state index contributed by atoms with van der Waals surface area (Å²) in [5.74, 6) is 0. The Bertz CT molecular complexity index is 731. The van der Waals surface area contributed by atoms with Crippen molar-refractivity contribution in [2.24, 2.45) is 20.0 Å². The second-order valence-electron chi connectivity index (χ2n) is 9.49. The molecule has 3 aliphatic heterocycles. The highest BCUT2D eigenvalue weighted by Crippen LogP contribution is 2.21. The van der Waals surface area contributed by atoms with Gasteiger partial charge in [0.1, 0.15) is 0 Å². The molecule has 0 amide bonds. The summed E-state index contributed by atoms with van der Waals surface area (Å²) in [7, 11) is 8.58. The Morgan fingerprint density at radius 3 is 1.36 bits per heavy atom. The zero-order valence-electron chi connectivity index (χ0n) is 22.0. The Morgan fingerprint density at radius 2 is 0.939 bits per heavy atom. The lowest BCUT2D eigenvalue weighted by molar-refractivity contribution is 0.461. The van der Waals surface area contributed by atoms with Crippen LogP contribution in [0.15, 0.2) is 42.5 Å². The fraction of sp³-hybridized carbons (Fsp3) is 0.704. The van der Waals surface area contributed by atoms with E-state index in [4.69, 9.17) is 20.0 Å². The molecule has 0 unspecified atom stereocenters. The number of hydrogen-bond acceptors (Lipinski definition) is 6. The van der Waals surface area contributed by atoms with Crippen LogP contribution in [0.2, 0.25) is 0 Å². The van der Waals surface area contributed by atoms with Gasteiger partial charge >= 0.3 is 0 Å². The van der Waals surface area contributed by atoms with Crippen molar-refractivity contribution in [2.45, 2.75) is 71.6 Å². The molecule has 33 heavy (non-hydrogen) atoms. The molecular formula is C27H46N6. The van der Waals surface area contributed by atoms with E-state index in [1.807, 2.05) is 0 Å². The summed E-state index contributed by atoms with van der Waals surface area (Å²) in [5.41, 5.74) is 7.25. The predicted octanol–water partition coefficient (Wildman–Crippen LogP) is 5.22. The average molecular weight is 455 g/mol. The molecule has 0 radical (unpaired) electrons. The topological polar surface area (TPSA) is 55.9 Å². The smallest absolute Gasteiger partial charge is 0.0422 e. The summed E-state index contributed by atoms with van der Waals surface area (Å²) in [6.45, 7) is 7.40. The molecule has 184 valence electrons. The van der Waals surface area contributed by atoms with Gasteiger partial charge in [0.25, 0.3) is 0 Å². The van der Waals surface area contributed by atoms with E-state index in [1.54, 1.807) is 0 Å². The van der Waals surface area contributed by atoms with E-state index in [-0.39, 0.29) is 0 Å². The zero-order chi connectivity index (χ0) is 24.1. The van der Waals surface area contributed by atoms with Crippen LogP contribution in [0.4, 0.5) is 0 Å². The van der Waals surface area contributed by atoms with E-state index >= 15 is 0 Å². The Labute approximate surface area is 202 Å². The molecule has 0 aromatic carbocycles. The molecule has 0 N–H and O–H groups in total. The van der Waals surface area contributed by atoms with Crippen LogP contribution in [-0.2, 0) is 0 Å². The van der Waals surface area contributed by atoms with Crippen LogP contribution < -0.4 is 0 Å². The van der Waals surface area contributed by atoms with Crippen molar-refractivity contribution < 1.29 is 0 Å². The highest BCUT2D eigenvalue weighted by molar-refractivity contribution is 6.16. The Balaban J connectivity index is 2.50. The second kappa shape index (κ2) is 14.8. The number of rotatable bonds is 2. The molecule has 2 bridgehead atoms. The van der Waals surface area contributed by atoms with Gasteiger partial charge in [-0.25, -0.2) is 0 Å². The van der Waals surface area contributed by atoms with Crippen LogP contribution in [0.3, 0.4) is 0 Å². The van der Waals surface area contributed by atoms with Gasteiger partial charge in [-0.15, -0.1) is 0 Å². The maximum atomic E-state index is 4.93. The average Bonchev–Trinajstić information content (AvgIpc) is 2.76. The van der Waals surface area contributed by atoms with E-state index in [1.165, 1.54) is 54.6 Å². The summed E-state index contributed by atoms with van der Waals surface area (Å²) >= 11 is 0. The maximum absolute atomic E-state index is 4.93. The van der Waals surface area contributed by atoms with Crippen molar-refractivity contribution in [1.82, 2.24) is 9.80 Å². The molecule has 0 fully saturated rings. The van der Waals surface area contributed by atoms with E-state index in [2.05, 4.69) is 64.3 Å². The quantitative estimate of drug-likeness (QED) is 0.574. The molecule has 0 aromatic heterocycles. The normalized spacial score (nSPS) is 20.5. The SMILES string of the molecule is CC1=NCCCN=C(C)C2=C(N(C)C)CCCCCCCC(N(C)C)=C1C=NCCCN=C2. The minimum Gasteiger partial charge on any atom is -0.380 e. The first-order chi connectivity index (χ1) is 15.9. The van der Waals surface area contributed by atoms with Gasteiger partial charge in [-0.05, 0) is 52.4 Å². The van der Waals surface area contributed by atoms with Crippen molar-refractivity contribution in [1.29, 1.82) is 0 Å². The lowest BCUT2D eigenvalue weighted by atomic mass is 10.0. The predicted molar refractivity (Wildman–Crippen MR) is 146 cm³/mol. The van der Waals surface area contributed by atoms with E-state index in [9.17, 15) is 0 Å². The molecule has 0 saturated carbocycles. The molecule has 3 rings (SSSR count). The first-order valence-corrected chi connectivity index (χ1v) is 12.7.